The lowest BCUT2D eigenvalue weighted by Crippen LogP contribution is -2.51. The number of hydrogen-bond acceptors (Lipinski definition) is 3. The minimum Gasteiger partial charge on any atom is -0.395 e. The van der Waals surface area contributed by atoms with Gasteiger partial charge in [0.15, 0.2) is 0 Å². The average molecular weight is 186 g/mol. The van der Waals surface area contributed by atoms with Gasteiger partial charge in [-0.3, -0.25) is 4.90 Å². The number of rotatable bonds is 2. The highest BCUT2D eigenvalue weighted by Gasteiger charge is 2.32. The Morgan fingerprint density at radius 3 is 2.77 bits per heavy atom. The summed E-state index contributed by atoms with van der Waals surface area (Å²) >= 11 is 0. The van der Waals surface area contributed by atoms with E-state index in [9.17, 15) is 5.11 Å². The highest BCUT2D eigenvalue weighted by Crippen LogP contribution is 2.22. The second-order valence-electron chi connectivity index (χ2n) is 4.39. The normalized spacial score (nSPS) is 30.0. The van der Waals surface area contributed by atoms with Crippen molar-refractivity contribution in [3.05, 3.63) is 0 Å². The minimum absolute atomic E-state index is 0.214. The molecule has 0 radical (unpaired) electrons. The number of hydrogen-bond donors (Lipinski definition) is 2. The molecule has 0 amide bonds. The van der Waals surface area contributed by atoms with Crippen LogP contribution in [0.5, 0.6) is 0 Å². The molecule has 1 heterocycles. The summed E-state index contributed by atoms with van der Waals surface area (Å²) < 4.78 is 0. The van der Waals surface area contributed by atoms with Gasteiger partial charge in [0.2, 0.25) is 0 Å². The van der Waals surface area contributed by atoms with Gasteiger partial charge in [0.1, 0.15) is 0 Å². The van der Waals surface area contributed by atoms with Crippen LogP contribution >= 0.6 is 0 Å². The van der Waals surface area contributed by atoms with Crippen molar-refractivity contribution in [3.63, 3.8) is 0 Å². The molecule has 1 aliphatic heterocycles. The first-order valence-corrected chi connectivity index (χ1v) is 5.20. The third kappa shape index (κ3) is 2.42. The van der Waals surface area contributed by atoms with E-state index < -0.39 is 0 Å². The fourth-order valence-electron chi connectivity index (χ4n) is 2.26. The Labute approximate surface area is 81.1 Å². The first kappa shape index (κ1) is 11.0. The maximum Gasteiger partial charge on any atom is 0.0599 e. The summed E-state index contributed by atoms with van der Waals surface area (Å²) in [4.78, 5) is 2.40. The highest BCUT2D eigenvalue weighted by molar-refractivity contribution is 4.90. The standard InChI is InChI=1S/C10H22N2O/c1-4-12-9(8-13)7-11-6-5-10(12,2)3/h9,11,13H,4-8H2,1-3H3. The van der Waals surface area contributed by atoms with Gasteiger partial charge in [0.25, 0.3) is 0 Å². The second-order valence-corrected chi connectivity index (χ2v) is 4.39. The van der Waals surface area contributed by atoms with Crippen LogP contribution in [-0.2, 0) is 0 Å². The van der Waals surface area contributed by atoms with Crippen molar-refractivity contribution in [3.8, 4) is 0 Å². The molecule has 1 rings (SSSR count). The van der Waals surface area contributed by atoms with Crippen molar-refractivity contribution in [1.29, 1.82) is 0 Å². The fraction of sp³-hybridized carbons (Fsp3) is 1.00. The van der Waals surface area contributed by atoms with Gasteiger partial charge in [-0.2, -0.15) is 0 Å². The molecule has 0 aromatic rings. The van der Waals surface area contributed by atoms with Crippen molar-refractivity contribution in [1.82, 2.24) is 10.2 Å². The van der Waals surface area contributed by atoms with Crippen LogP contribution in [0.1, 0.15) is 27.2 Å². The monoisotopic (exact) mass is 186 g/mol. The summed E-state index contributed by atoms with van der Waals surface area (Å²) in [6, 6.07) is 0.280. The van der Waals surface area contributed by atoms with E-state index in [1.54, 1.807) is 0 Å². The molecule has 1 fully saturated rings. The van der Waals surface area contributed by atoms with Gasteiger partial charge in [-0.05, 0) is 33.4 Å². The molecular weight excluding hydrogens is 164 g/mol. The maximum atomic E-state index is 9.27. The lowest BCUT2D eigenvalue weighted by molar-refractivity contribution is 0.0508. The Balaban J connectivity index is 2.73. The van der Waals surface area contributed by atoms with Crippen LogP contribution in [0, 0.1) is 0 Å². The predicted octanol–water partition coefficient (Wildman–Crippen LogP) is 0.441. The van der Waals surface area contributed by atoms with E-state index in [0.717, 1.165) is 26.1 Å². The summed E-state index contributed by atoms with van der Waals surface area (Å²) in [7, 11) is 0. The molecule has 1 unspecified atom stereocenters. The third-order valence-corrected chi connectivity index (χ3v) is 3.06. The SMILES string of the molecule is CCN1C(CO)CNCCC1(C)C. The molecule has 1 saturated heterocycles. The van der Waals surface area contributed by atoms with E-state index in [1.165, 1.54) is 0 Å². The molecule has 78 valence electrons. The van der Waals surface area contributed by atoms with Crippen LogP contribution < -0.4 is 5.32 Å². The van der Waals surface area contributed by atoms with Gasteiger partial charge in [0, 0.05) is 18.1 Å². The van der Waals surface area contributed by atoms with Gasteiger partial charge in [-0.15, -0.1) is 0 Å². The van der Waals surface area contributed by atoms with Crippen LogP contribution in [0.15, 0.2) is 0 Å². The van der Waals surface area contributed by atoms with E-state index in [1.807, 2.05) is 0 Å². The largest absolute Gasteiger partial charge is 0.395 e. The van der Waals surface area contributed by atoms with Crippen LogP contribution in [0.2, 0.25) is 0 Å². The Bertz CT molecular complexity index is 159. The first-order chi connectivity index (χ1) is 6.11. The summed E-state index contributed by atoms with van der Waals surface area (Å²) in [6.07, 6.45) is 1.15. The Hall–Kier alpha value is -0.120. The van der Waals surface area contributed by atoms with Crippen LogP contribution in [0.3, 0.4) is 0 Å². The molecule has 0 saturated carbocycles. The second kappa shape index (κ2) is 4.40. The molecule has 2 N–H and O–H groups in total. The van der Waals surface area contributed by atoms with Crippen molar-refractivity contribution in [2.45, 2.75) is 38.8 Å². The molecular formula is C10H22N2O. The van der Waals surface area contributed by atoms with E-state index in [2.05, 4.69) is 31.0 Å². The van der Waals surface area contributed by atoms with Gasteiger partial charge in [0.05, 0.1) is 6.61 Å². The zero-order valence-corrected chi connectivity index (χ0v) is 9.01. The molecule has 0 aliphatic carbocycles. The molecule has 3 nitrogen and oxygen atoms in total. The Morgan fingerprint density at radius 2 is 2.23 bits per heavy atom. The van der Waals surface area contributed by atoms with Gasteiger partial charge in [-0.25, -0.2) is 0 Å². The van der Waals surface area contributed by atoms with Crippen molar-refractivity contribution in [2.24, 2.45) is 0 Å². The summed E-state index contributed by atoms with van der Waals surface area (Å²) in [6.45, 7) is 9.91. The Morgan fingerprint density at radius 1 is 1.54 bits per heavy atom. The van der Waals surface area contributed by atoms with Gasteiger partial charge >= 0.3 is 0 Å². The summed E-state index contributed by atoms with van der Waals surface area (Å²) in [5, 5.41) is 12.6. The van der Waals surface area contributed by atoms with Crippen molar-refractivity contribution in [2.75, 3.05) is 26.2 Å². The Kier molecular flexibility index (Phi) is 3.71. The predicted molar refractivity (Wildman–Crippen MR) is 54.8 cm³/mol. The summed E-state index contributed by atoms with van der Waals surface area (Å²) in [5.41, 5.74) is 0.214. The fourth-order valence-corrected chi connectivity index (χ4v) is 2.26. The van der Waals surface area contributed by atoms with Gasteiger partial charge < -0.3 is 10.4 Å². The molecule has 0 spiro atoms. The topological polar surface area (TPSA) is 35.5 Å². The molecule has 0 bridgehead atoms. The first-order valence-electron chi connectivity index (χ1n) is 5.20. The molecule has 1 atom stereocenters. The van der Waals surface area contributed by atoms with Crippen LogP contribution in [0.4, 0.5) is 0 Å². The van der Waals surface area contributed by atoms with Crippen LogP contribution in [0.25, 0.3) is 0 Å². The number of aliphatic hydroxyl groups excluding tert-OH is 1. The molecule has 0 aromatic carbocycles. The van der Waals surface area contributed by atoms with Gasteiger partial charge in [-0.1, -0.05) is 6.92 Å². The molecule has 3 heteroatoms. The molecule has 13 heavy (non-hydrogen) atoms. The maximum absolute atomic E-state index is 9.27. The third-order valence-electron chi connectivity index (χ3n) is 3.06. The zero-order chi connectivity index (χ0) is 9.90. The lowest BCUT2D eigenvalue weighted by Gasteiger charge is -2.40. The van der Waals surface area contributed by atoms with E-state index in [0.29, 0.717) is 0 Å². The van der Waals surface area contributed by atoms with E-state index in [-0.39, 0.29) is 18.2 Å². The van der Waals surface area contributed by atoms with Crippen LogP contribution in [-0.4, -0.2) is 47.8 Å². The smallest absolute Gasteiger partial charge is 0.0599 e. The number of likely N-dealkylation sites (N-methyl/N-ethyl adjacent to an activating group) is 1. The van der Waals surface area contributed by atoms with E-state index >= 15 is 0 Å². The quantitative estimate of drug-likeness (QED) is 0.657. The molecule has 0 aromatic heterocycles. The number of nitrogens with zero attached hydrogens (tertiary/aromatic N) is 1. The van der Waals surface area contributed by atoms with Crippen molar-refractivity contribution >= 4 is 0 Å². The lowest BCUT2D eigenvalue weighted by atomic mass is 9.97. The number of nitrogens with one attached hydrogen (secondary N) is 1. The highest BCUT2D eigenvalue weighted by atomic mass is 16.3. The molecule has 1 aliphatic rings. The minimum atomic E-state index is 0.214. The van der Waals surface area contributed by atoms with Crippen molar-refractivity contribution < 1.29 is 5.11 Å². The average Bonchev–Trinajstić information content (AvgIpc) is 2.22. The number of aliphatic hydroxyl groups is 1. The zero-order valence-electron chi connectivity index (χ0n) is 9.01. The van der Waals surface area contributed by atoms with E-state index in [4.69, 9.17) is 0 Å². The summed E-state index contributed by atoms with van der Waals surface area (Å²) in [5.74, 6) is 0.